The van der Waals surface area contributed by atoms with Crippen LogP contribution in [0, 0.1) is 11.3 Å². The first-order valence-electron chi connectivity index (χ1n) is 8.27. The highest BCUT2D eigenvalue weighted by molar-refractivity contribution is 5.77. The van der Waals surface area contributed by atoms with Crippen molar-refractivity contribution >= 4 is 11.9 Å². The van der Waals surface area contributed by atoms with Crippen LogP contribution in [-0.4, -0.2) is 34.4 Å². The molecule has 1 N–H and O–H groups in total. The van der Waals surface area contributed by atoms with Crippen molar-refractivity contribution in [1.29, 1.82) is 0 Å². The Labute approximate surface area is 132 Å². The van der Waals surface area contributed by atoms with Crippen molar-refractivity contribution in [2.24, 2.45) is 11.3 Å². The van der Waals surface area contributed by atoms with Crippen molar-refractivity contribution < 1.29 is 24.2 Å². The van der Waals surface area contributed by atoms with Crippen LogP contribution in [0.5, 0.6) is 0 Å². The van der Waals surface area contributed by atoms with Gasteiger partial charge in [0.05, 0.1) is 16.9 Å². The fourth-order valence-corrected chi connectivity index (χ4v) is 3.93. The maximum Gasteiger partial charge on any atom is 0.311 e. The molecule has 2 aliphatic carbocycles. The summed E-state index contributed by atoms with van der Waals surface area (Å²) in [5.74, 6) is -0.885. The van der Waals surface area contributed by atoms with Gasteiger partial charge in [0, 0.05) is 25.7 Å². The van der Waals surface area contributed by atoms with E-state index in [9.17, 15) is 14.7 Å². The Kier molecular flexibility index (Phi) is 4.33. The van der Waals surface area contributed by atoms with Crippen LogP contribution >= 0.6 is 0 Å². The summed E-state index contributed by atoms with van der Waals surface area (Å²) in [6, 6.07) is 0. The Morgan fingerprint density at radius 1 is 1.23 bits per heavy atom. The lowest BCUT2D eigenvalue weighted by atomic mass is 9.63. The van der Waals surface area contributed by atoms with Gasteiger partial charge in [-0.2, -0.15) is 0 Å². The predicted molar refractivity (Wildman–Crippen MR) is 81.0 cm³/mol. The average molecular weight is 312 g/mol. The highest BCUT2D eigenvalue weighted by atomic mass is 16.6. The molecule has 5 heteroatoms. The third-order valence-corrected chi connectivity index (χ3v) is 4.64. The number of carbonyl (C=O) groups excluding carboxylic acids is 2. The smallest absolute Gasteiger partial charge is 0.311 e. The monoisotopic (exact) mass is 312 g/mol. The molecule has 0 spiro atoms. The lowest BCUT2D eigenvalue weighted by molar-refractivity contribution is -0.201. The molecule has 2 heterocycles. The highest BCUT2D eigenvalue weighted by Crippen LogP contribution is 2.53. The van der Waals surface area contributed by atoms with Gasteiger partial charge in [-0.15, -0.1) is 0 Å². The molecule has 4 rings (SSSR count). The average Bonchev–Trinajstić information content (AvgIpc) is 2.50. The van der Waals surface area contributed by atoms with E-state index in [-0.39, 0.29) is 24.0 Å². The molecular formula is C17H28O5. The number of ether oxygens (including phenoxy) is 2. The number of rotatable bonds is 1. The van der Waals surface area contributed by atoms with E-state index < -0.39 is 16.6 Å². The number of aliphatic hydroxyl groups is 1. The molecule has 0 radical (unpaired) electrons. The molecule has 0 aromatic rings. The number of hydrogen-bond acceptors (Lipinski definition) is 5. The molecular weight excluding hydrogens is 284 g/mol. The lowest BCUT2D eigenvalue weighted by Crippen LogP contribution is -2.57. The van der Waals surface area contributed by atoms with Crippen LogP contribution in [-0.2, 0) is 19.1 Å². The van der Waals surface area contributed by atoms with Crippen molar-refractivity contribution in [3.05, 3.63) is 0 Å². The van der Waals surface area contributed by atoms with Crippen LogP contribution in [0.25, 0.3) is 0 Å². The van der Waals surface area contributed by atoms with Crippen molar-refractivity contribution in [1.82, 2.24) is 0 Å². The summed E-state index contributed by atoms with van der Waals surface area (Å²) in [6.45, 7) is 9.42. The third kappa shape index (κ3) is 3.14. The SMILES string of the molecule is CC.CC(C)(C)C(=O)OC12CC3CC(O)(CC(C1)C(=O)O3)C2. The zero-order chi connectivity index (χ0) is 16.8. The lowest BCUT2D eigenvalue weighted by Gasteiger charge is -2.50. The Bertz CT molecular complexity index is 466. The van der Waals surface area contributed by atoms with E-state index in [4.69, 9.17) is 9.47 Å². The quantitative estimate of drug-likeness (QED) is 0.753. The van der Waals surface area contributed by atoms with Crippen LogP contribution in [0.4, 0.5) is 0 Å². The van der Waals surface area contributed by atoms with Gasteiger partial charge in [-0.05, 0) is 27.2 Å². The van der Waals surface area contributed by atoms with Gasteiger partial charge < -0.3 is 14.6 Å². The minimum absolute atomic E-state index is 0.251. The molecule has 4 fully saturated rings. The molecule has 0 aromatic heterocycles. The fourth-order valence-electron chi connectivity index (χ4n) is 3.93. The van der Waals surface area contributed by atoms with Gasteiger partial charge in [-0.25, -0.2) is 0 Å². The maximum atomic E-state index is 12.2. The largest absolute Gasteiger partial charge is 0.462 e. The molecule has 4 unspecified atom stereocenters. The molecule has 5 nitrogen and oxygen atoms in total. The normalized spacial score (nSPS) is 39.5. The van der Waals surface area contributed by atoms with Gasteiger partial charge in [0.15, 0.2) is 0 Å². The van der Waals surface area contributed by atoms with Gasteiger partial charge >= 0.3 is 11.9 Å². The molecule has 4 aliphatic rings. The predicted octanol–water partition coefficient (Wildman–Crippen LogP) is 2.59. The van der Waals surface area contributed by atoms with Crippen molar-refractivity contribution in [2.75, 3.05) is 0 Å². The van der Waals surface area contributed by atoms with E-state index in [1.54, 1.807) is 20.8 Å². The van der Waals surface area contributed by atoms with Gasteiger partial charge in [0.2, 0.25) is 0 Å². The Morgan fingerprint density at radius 3 is 2.45 bits per heavy atom. The summed E-state index contributed by atoms with van der Waals surface area (Å²) in [4.78, 5) is 24.2. The van der Waals surface area contributed by atoms with Gasteiger partial charge in [-0.3, -0.25) is 9.59 Å². The first-order valence-corrected chi connectivity index (χ1v) is 8.27. The van der Waals surface area contributed by atoms with Crippen LogP contribution in [0.2, 0.25) is 0 Å². The second kappa shape index (κ2) is 5.52. The molecule has 0 amide bonds. The third-order valence-electron chi connectivity index (χ3n) is 4.64. The molecule has 4 atom stereocenters. The summed E-state index contributed by atoms with van der Waals surface area (Å²) >= 11 is 0. The molecule has 2 saturated carbocycles. The van der Waals surface area contributed by atoms with E-state index in [0.717, 1.165) is 0 Å². The summed E-state index contributed by atoms with van der Waals surface area (Å²) in [6.07, 6.45) is 1.97. The van der Waals surface area contributed by atoms with E-state index in [1.807, 2.05) is 13.8 Å². The topological polar surface area (TPSA) is 72.8 Å². The van der Waals surface area contributed by atoms with E-state index in [1.165, 1.54) is 0 Å². The zero-order valence-electron chi connectivity index (χ0n) is 14.3. The summed E-state index contributed by atoms with van der Waals surface area (Å²) in [7, 11) is 0. The van der Waals surface area contributed by atoms with Crippen LogP contribution in [0.1, 0.15) is 66.7 Å². The van der Waals surface area contributed by atoms with Crippen LogP contribution < -0.4 is 0 Å². The number of esters is 2. The summed E-state index contributed by atoms with van der Waals surface area (Å²) in [5.41, 5.74) is -2.26. The molecule has 4 bridgehead atoms. The van der Waals surface area contributed by atoms with Crippen molar-refractivity contribution in [3.63, 3.8) is 0 Å². The second-order valence-electron chi connectivity index (χ2n) is 7.80. The van der Waals surface area contributed by atoms with E-state index in [2.05, 4.69) is 0 Å². The number of hydrogen-bond donors (Lipinski definition) is 1. The van der Waals surface area contributed by atoms with Crippen LogP contribution in [0.3, 0.4) is 0 Å². The Balaban J connectivity index is 0.000000847. The van der Waals surface area contributed by atoms with Crippen molar-refractivity contribution in [3.8, 4) is 0 Å². The summed E-state index contributed by atoms with van der Waals surface area (Å²) < 4.78 is 11.2. The van der Waals surface area contributed by atoms with Gasteiger partial charge in [-0.1, -0.05) is 13.8 Å². The van der Waals surface area contributed by atoms with Crippen LogP contribution in [0.15, 0.2) is 0 Å². The Morgan fingerprint density at radius 2 is 1.86 bits per heavy atom. The molecule has 0 aromatic carbocycles. The number of carbonyl (C=O) groups is 2. The molecule has 2 aliphatic heterocycles. The van der Waals surface area contributed by atoms with E-state index >= 15 is 0 Å². The molecule has 2 saturated heterocycles. The second-order valence-corrected chi connectivity index (χ2v) is 7.80. The minimum Gasteiger partial charge on any atom is -0.462 e. The summed E-state index contributed by atoms with van der Waals surface area (Å²) in [5, 5.41) is 10.7. The highest BCUT2D eigenvalue weighted by Gasteiger charge is 2.60. The molecule has 126 valence electrons. The van der Waals surface area contributed by atoms with Crippen molar-refractivity contribution in [2.45, 2.75) is 84.0 Å². The first-order chi connectivity index (χ1) is 10.1. The first kappa shape index (κ1) is 17.3. The zero-order valence-corrected chi connectivity index (χ0v) is 14.3. The maximum absolute atomic E-state index is 12.2. The standard InChI is InChI=1S/C15H22O5.C2H6/c1-13(2,3)12(17)20-15-5-9-4-14(18,8-15)6-10(7-15)19-11(9)16;1-2/h9-10,18H,4-8H2,1-3H3;1-2H3. The van der Waals surface area contributed by atoms with Gasteiger partial charge in [0.25, 0.3) is 0 Å². The fraction of sp³-hybridized carbons (Fsp3) is 0.882. The minimum atomic E-state index is -0.934. The number of fused-ring (bicyclic) bond motifs is 1. The Hall–Kier alpha value is -1.10. The van der Waals surface area contributed by atoms with E-state index in [0.29, 0.717) is 32.1 Å². The van der Waals surface area contributed by atoms with Gasteiger partial charge in [0.1, 0.15) is 11.7 Å². The molecule has 22 heavy (non-hydrogen) atoms.